The lowest BCUT2D eigenvalue weighted by molar-refractivity contribution is -0.0842. The van der Waals surface area contributed by atoms with Crippen molar-refractivity contribution in [2.45, 2.75) is 71.1 Å². The Morgan fingerprint density at radius 2 is 2.13 bits per heavy atom. The molecule has 0 aromatic carbocycles. The number of thiazole rings is 1. The maximum Gasteiger partial charge on any atom is 0.220 e. The van der Waals surface area contributed by atoms with Gasteiger partial charge in [0.1, 0.15) is 10.7 Å². The molecule has 1 aliphatic heterocycles. The Bertz CT molecular complexity index is 686. The van der Waals surface area contributed by atoms with Gasteiger partial charge in [0.05, 0.1) is 6.20 Å². The van der Waals surface area contributed by atoms with Crippen LogP contribution in [0.1, 0.15) is 44.3 Å². The minimum absolute atomic E-state index is 0.253. The van der Waals surface area contributed by atoms with Crippen LogP contribution in [0.4, 0.5) is 0 Å². The van der Waals surface area contributed by atoms with Gasteiger partial charge in [-0.3, -0.25) is 4.40 Å². The van der Waals surface area contributed by atoms with Crippen LogP contribution in [0.3, 0.4) is 0 Å². The van der Waals surface area contributed by atoms with E-state index in [-0.39, 0.29) is 5.04 Å². The number of rotatable bonds is 4. The zero-order chi connectivity index (χ0) is 16.8. The van der Waals surface area contributed by atoms with E-state index in [0.717, 1.165) is 18.8 Å². The standard InChI is InChI=1S/C17H29N3OSSi/c1-13-18-11-16-19(13)12-15(22-16)10-14-8-7-9-20(14)21-23(5,6)17(2,3)4/h11-12,14H,7-10H2,1-6H3. The van der Waals surface area contributed by atoms with Crippen LogP contribution >= 0.6 is 11.3 Å². The van der Waals surface area contributed by atoms with E-state index >= 15 is 0 Å². The molecule has 1 saturated heterocycles. The van der Waals surface area contributed by atoms with Crippen molar-refractivity contribution in [2.75, 3.05) is 6.54 Å². The number of imidazole rings is 1. The summed E-state index contributed by atoms with van der Waals surface area (Å²) in [7, 11) is -1.74. The lowest BCUT2D eigenvalue weighted by Gasteiger charge is -2.40. The van der Waals surface area contributed by atoms with Gasteiger partial charge in [-0.2, -0.15) is 5.06 Å². The smallest absolute Gasteiger partial charge is 0.220 e. The molecule has 0 amide bonds. The van der Waals surface area contributed by atoms with Crippen molar-refractivity contribution < 1.29 is 4.53 Å². The maximum atomic E-state index is 6.59. The van der Waals surface area contributed by atoms with Crippen LogP contribution in [-0.2, 0) is 10.9 Å². The van der Waals surface area contributed by atoms with E-state index in [1.165, 1.54) is 22.5 Å². The van der Waals surface area contributed by atoms with E-state index in [0.29, 0.717) is 6.04 Å². The molecule has 0 radical (unpaired) electrons. The molecule has 0 saturated carbocycles. The van der Waals surface area contributed by atoms with Crippen LogP contribution in [0, 0.1) is 6.92 Å². The molecule has 6 heteroatoms. The second-order valence-electron chi connectivity index (χ2n) is 8.20. The predicted octanol–water partition coefficient (Wildman–Crippen LogP) is 4.65. The van der Waals surface area contributed by atoms with Crippen LogP contribution in [-0.4, -0.2) is 35.4 Å². The third-order valence-electron chi connectivity index (χ3n) is 5.37. The molecule has 23 heavy (non-hydrogen) atoms. The lowest BCUT2D eigenvalue weighted by atomic mass is 10.1. The Kier molecular flexibility index (Phi) is 4.46. The molecule has 2 aromatic rings. The van der Waals surface area contributed by atoms with Crippen LogP contribution in [0.15, 0.2) is 12.4 Å². The lowest BCUT2D eigenvalue weighted by Crippen LogP contribution is -2.48. The van der Waals surface area contributed by atoms with Gasteiger partial charge in [0.2, 0.25) is 8.32 Å². The van der Waals surface area contributed by atoms with Crippen molar-refractivity contribution >= 4 is 24.5 Å². The van der Waals surface area contributed by atoms with Crippen LogP contribution in [0.2, 0.25) is 18.1 Å². The molecular formula is C17H29N3OSSi. The van der Waals surface area contributed by atoms with Crippen molar-refractivity contribution in [2.24, 2.45) is 0 Å². The van der Waals surface area contributed by atoms with Crippen molar-refractivity contribution in [3.05, 3.63) is 23.1 Å². The average Bonchev–Trinajstić information content (AvgIpc) is 3.09. The summed E-state index contributed by atoms with van der Waals surface area (Å²) in [4.78, 5) is 7.04. The molecule has 0 bridgehead atoms. The Morgan fingerprint density at radius 3 is 2.78 bits per heavy atom. The summed E-state index contributed by atoms with van der Waals surface area (Å²) in [6, 6.07) is 0.515. The third kappa shape index (κ3) is 3.40. The quantitative estimate of drug-likeness (QED) is 0.751. The van der Waals surface area contributed by atoms with Gasteiger partial charge >= 0.3 is 0 Å². The monoisotopic (exact) mass is 351 g/mol. The molecule has 1 aliphatic rings. The molecule has 4 nitrogen and oxygen atoms in total. The Hall–Kier alpha value is -0.693. The zero-order valence-electron chi connectivity index (χ0n) is 15.2. The SMILES string of the molecule is Cc1ncc2sc(CC3CCCN3O[Si](C)(C)C(C)(C)C)cn12. The minimum Gasteiger partial charge on any atom is -0.342 e. The molecule has 0 N–H and O–H groups in total. The molecule has 0 spiro atoms. The summed E-state index contributed by atoms with van der Waals surface area (Å²) in [5.41, 5.74) is 0. The predicted molar refractivity (Wildman–Crippen MR) is 99.5 cm³/mol. The number of aromatic nitrogens is 2. The van der Waals surface area contributed by atoms with Crippen molar-refractivity contribution in [1.82, 2.24) is 14.4 Å². The van der Waals surface area contributed by atoms with E-state index in [4.69, 9.17) is 4.53 Å². The summed E-state index contributed by atoms with van der Waals surface area (Å²) in [6.07, 6.45) is 7.79. The maximum absolute atomic E-state index is 6.59. The normalized spacial score (nSPS) is 20.7. The largest absolute Gasteiger partial charge is 0.342 e. The fourth-order valence-corrected chi connectivity index (χ4v) is 5.05. The number of hydrogen-bond donors (Lipinski definition) is 0. The first-order valence-electron chi connectivity index (χ1n) is 8.55. The Morgan fingerprint density at radius 1 is 1.39 bits per heavy atom. The Labute approximate surface area is 144 Å². The second-order valence-corrected chi connectivity index (χ2v) is 14.1. The van der Waals surface area contributed by atoms with Crippen LogP contribution in [0.25, 0.3) is 4.83 Å². The van der Waals surface area contributed by atoms with Crippen LogP contribution < -0.4 is 0 Å². The van der Waals surface area contributed by atoms with Gasteiger partial charge in [-0.05, 0) is 37.9 Å². The topological polar surface area (TPSA) is 29.8 Å². The van der Waals surface area contributed by atoms with E-state index in [9.17, 15) is 0 Å². The molecule has 2 aromatic heterocycles. The highest BCUT2D eigenvalue weighted by atomic mass is 32.1. The zero-order valence-corrected chi connectivity index (χ0v) is 17.0. The van der Waals surface area contributed by atoms with Gasteiger partial charge in [-0.15, -0.1) is 11.3 Å². The molecule has 0 aliphatic carbocycles. The van der Waals surface area contributed by atoms with Crippen molar-refractivity contribution in [3.63, 3.8) is 0 Å². The van der Waals surface area contributed by atoms with Gasteiger partial charge in [-0.25, -0.2) is 4.98 Å². The fourth-order valence-electron chi connectivity index (χ4n) is 2.86. The van der Waals surface area contributed by atoms with Crippen molar-refractivity contribution in [3.8, 4) is 0 Å². The third-order valence-corrected chi connectivity index (χ3v) is 10.7. The van der Waals surface area contributed by atoms with Gasteiger partial charge in [-0.1, -0.05) is 20.8 Å². The number of aryl methyl sites for hydroxylation is 1. The van der Waals surface area contributed by atoms with Gasteiger partial charge in [0.25, 0.3) is 0 Å². The summed E-state index contributed by atoms with van der Waals surface area (Å²) in [5, 5.41) is 2.56. The van der Waals surface area contributed by atoms with E-state index in [1.807, 2.05) is 17.5 Å². The summed E-state index contributed by atoms with van der Waals surface area (Å²) >= 11 is 1.86. The highest BCUT2D eigenvalue weighted by molar-refractivity contribution is 7.17. The molecule has 1 unspecified atom stereocenters. The molecule has 3 heterocycles. The summed E-state index contributed by atoms with van der Waals surface area (Å²) in [5.74, 6) is 1.07. The van der Waals surface area contributed by atoms with Gasteiger partial charge in [0, 0.05) is 30.1 Å². The van der Waals surface area contributed by atoms with E-state index < -0.39 is 8.32 Å². The minimum atomic E-state index is -1.74. The summed E-state index contributed by atoms with van der Waals surface area (Å²) < 4.78 is 8.79. The van der Waals surface area contributed by atoms with E-state index in [1.54, 1.807) is 0 Å². The van der Waals surface area contributed by atoms with Gasteiger partial charge < -0.3 is 4.53 Å². The average molecular weight is 352 g/mol. The second kappa shape index (κ2) is 5.99. The molecule has 3 rings (SSSR count). The first kappa shape index (κ1) is 17.1. The molecule has 128 valence electrons. The Balaban J connectivity index is 1.71. The first-order chi connectivity index (χ1) is 10.7. The number of nitrogens with zero attached hydrogens (tertiary/aromatic N) is 3. The number of hydroxylamine groups is 2. The number of hydrogen-bond acceptors (Lipinski definition) is 4. The highest BCUT2D eigenvalue weighted by Gasteiger charge is 2.41. The fraction of sp³-hybridized carbons (Fsp3) is 0.706. The number of fused-ring (bicyclic) bond motifs is 1. The molecular weight excluding hydrogens is 322 g/mol. The van der Waals surface area contributed by atoms with E-state index in [2.05, 4.69) is 61.4 Å². The molecule has 1 fully saturated rings. The summed E-state index contributed by atoms with van der Waals surface area (Å²) in [6.45, 7) is 14.7. The molecule has 1 atom stereocenters. The first-order valence-corrected chi connectivity index (χ1v) is 12.3. The van der Waals surface area contributed by atoms with Crippen LogP contribution in [0.5, 0.6) is 0 Å². The van der Waals surface area contributed by atoms with Crippen molar-refractivity contribution in [1.29, 1.82) is 0 Å². The highest BCUT2D eigenvalue weighted by Crippen LogP contribution is 2.39. The van der Waals surface area contributed by atoms with Gasteiger partial charge in [0.15, 0.2) is 0 Å².